The molecule has 0 radical (unpaired) electrons. The lowest BCUT2D eigenvalue weighted by Gasteiger charge is -2.34. The van der Waals surface area contributed by atoms with Gasteiger partial charge in [0.25, 0.3) is 0 Å². The van der Waals surface area contributed by atoms with Gasteiger partial charge >= 0.3 is 6.01 Å². The molecule has 1 aliphatic carbocycles. The third-order valence-electron chi connectivity index (χ3n) is 4.66. The lowest BCUT2D eigenvalue weighted by atomic mass is 9.98. The van der Waals surface area contributed by atoms with Gasteiger partial charge in [0.2, 0.25) is 0 Å². The molecular weight excluding hydrogens is 290 g/mol. The smallest absolute Gasteiger partial charge is 0.316 e. The van der Waals surface area contributed by atoms with E-state index in [1.165, 1.54) is 30.5 Å². The zero-order valence-electron chi connectivity index (χ0n) is 13.2. The number of piperidine rings is 1. The topological polar surface area (TPSA) is 64.0 Å². The number of nitrogens with zero attached hydrogens (tertiary/aromatic N) is 5. The Morgan fingerprint density at radius 1 is 1.09 bits per heavy atom. The number of fused-ring (bicyclic) bond motifs is 1. The van der Waals surface area contributed by atoms with Gasteiger partial charge in [0.15, 0.2) is 0 Å². The van der Waals surface area contributed by atoms with Crippen molar-refractivity contribution >= 4 is 5.82 Å². The van der Waals surface area contributed by atoms with E-state index < -0.39 is 0 Å². The van der Waals surface area contributed by atoms with E-state index in [0.29, 0.717) is 18.5 Å². The average molecular weight is 311 g/mol. The summed E-state index contributed by atoms with van der Waals surface area (Å²) in [6, 6.07) is 2.26. The molecule has 2 aromatic rings. The first-order valence-electron chi connectivity index (χ1n) is 8.37. The minimum Gasteiger partial charge on any atom is -0.463 e. The number of aromatic nitrogens is 4. The van der Waals surface area contributed by atoms with E-state index in [2.05, 4.69) is 24.8 Å². The van der Waals surface area contributed by atoms with Crippen molar-refractivity contribution in [1.29, 1.82) is 0 Å². The number of ether oxygens (including phenoxy) is 1. The quantitative estimate of drug-likeness (QED) is 0.861. The molecule has 1 aliphatic heterocycles. The molecule has 6 heteroatoms. The van der Waals surface area contributed by atoms with Crippen LogP contribution >= 0.6 is 0 Å². The first-order chi connectivity index (χ1) is 11.4. The summed E-state index contributed by atoms with van der Waals surface area (Å²) in [5.74, 6) is 1.63. The Kier molecular flexibility index (Phi) is 4.05. The fourth-order valence-corrected chi connectivity index (χ4v) is 3.56. The molecule has 0 aromatic carbocycles. The third kappa shape index (κ3) is 3.11. The summed E-state index contributed by atoms with van der Waals surface area (Å²) in [7, 11) is 0. The van der Waals surface area contributed by atoms with Gasteiger partial charge in [-0.25, -0.2) is 19.9 Å². The maximum Gasteiger partial charge on any atom is 0.316 e. The van der Waals surface area contributed by atoms with Crippen molar-refractivity contribution in [3.63, 3.8) is 0 Å². The number of anilines is 1. The van der Waals surface area contributed by atoms with Gasteiger partial charge in [-0.2, -0.15) is 0 Å². The molecular formula is C17H21N5O. The highest BCUT2D eigenvalue weighted by molar-refractivity contribution is 5.50. The highest BCUT2D eigenvalue weighted by Crippen LogP contribution is 2.30. The molecule has 1 unspecified atom stereocenters. The van der Waals surface area contributed by atoms with Crippen molar-refractivity contribution in [3.8, 4) is 6.01 Å². The van der Waals surface area contributed by atoms with Gasteiger partial charge in [-0.3, -0.25) is 0 Å². The molecule has 3 heterocycles. The van der Waals surface area contributed by atoms with E-state index in [9.17, 15) is 0 Å². The van der Waals surface area contributed by atoms with Crippen molar-refractivity contribution < 1.29 is 4.74 Å². The van der Waals surface area contributed by atoms with Crippen LogP contribution in [0.5, 0.6) is 6.01 Å². The van der Waals surface area contributed by atoms with Crippen LogP contribution in [0, 0.1) is 5.92 Å². The van der Waals surface area contributed by atoms with Gasteiger partial charge in [0.1, 0.15) is 12.1 Å². The Morgan fingerprint density at radius 2 is 2.00 bits per heavy atom. The molecule has 1 atom stereocenters. The van der Waals surface area contributed by atoms with Gasteiger partial charge in [-0.1, -0.05) is 0 Å². The second-order valence-electron chi connectivity index (χ2n) is 6.27. The van der Waals surface area contributed by atoms with Crippen LogP contribution in [-0.4, -0.2) is 39.6 Å². The third-order valence-corrected chi connectivity index (χ3v) is 4.66. The molecule has 0 saturated carbocycles. The lowest BCUT2D eigenvalue weighted by Crippen LogP contribution is -2.39. The van der Waals surface area contributed by atoms with E-state index in [1.807, 2.05) is 0 Å². The summed E-state index contributed by atoms with van der Waals surface area (Å²) in [4.78, 5) is 19.7. The summed E-state index contributed by atoms with van der Waals surface area (Å²) in [6.45, 7) is 2.71. The summed E-state index contributed by atoms with van der Waals surface area (Å²) in [5, 5.41) is 0. The highest BCUT2D eigenvalue weighted by Gasteiger charge is 2.26. The molecule has 6 nitrogen and oxygen atoms in total. The van der Waals surface area contributed by atoms with Gasteiger partial charge in [-0.15, -0.1) is 0 Å². The second kappa shape index (κ2) is 6.48. The Hall–Kier alpha value is -2.24. The van der Waals surface area contributed by atoms with Crippen molar-refractivity contribution in [3.05, 3.63) is 36.0 Å². The predicted molar refractivity (Wildman–Crippen MR) is 86.5 cm³/mol. The number of rotatable bonds is 4. The Morgan fingerprint density at radius 3 is 2.91 bits per heavy atom. The maximum absolute atomic E-state index is 5.74. The van der Waals surface area contributed by atoms with Gasteiger partial charge in [0.05, 0.1) is 6.61 Å². The van der Waals surface area contributed by atoms with Crippen LogP contribution in [0.4, 0.5) is 5.82 Å². The van der Waals surface area contributed by atoms with E-state index in [0.717, 1.165) is 31.7 Å². The van der Waals surface area contributed by atoms with Crippen molar-refractivity contribution in [2.45, 2.75) is 32.1 Å². The first kappa shape index (κ1) is 14.4. The molecule has 0 N–H and O–H groups in total. The lowest BCUT2D eigenvalue weighted by molar-refractivity contribution is 0.213. The van der Waals surface area contributed by atoms with E-state index in [-0.39, 0.29) is 0 Å². The predicted octanol–water partition coefficient (Wildman–Crippen LogP) is 2.05. The molecule has 4 rings (SSSR count). The highest BCUT2D eigenvalue weighted by atomic mass is 16.5. The van der Waals surface area contributed by atoms with Gasteiger partial charge in [0, 0.05) is 42.7 Å². The van der Waals surface area contributed by atoms with E-state index in [1.54, 1.807) is 24.8 Å². The fourth-order valence-electron chi connectivity index (χ4n) is 3.56. The minimum atomic E-state index is 0.465. The number of aryl methyl sites for hydroxylation is 1. The average Bonchev–Trinajstić information content (AvgIpc) is 3.10. The molecule has 0 amide bonds. The van der Waals surface area contributed by atoms with Gasteiger partial charge in [-0.05, 0) is 38.2 Å². The zero-order chi connectivity index (χ0) is 15.5. The molecule has 2 aromatic heterocycles. The summed E-state index contributed by atoms with van der Waals surface area (Å²) in [6.07, 6.45) is 10.9. The van der Waals surface area contributed by atoms with Gasteiger partial charge < -0.3 is 9.64 Å². The molecule has 1 saturated heterocycles. The second-order valence-corrected chi connectivity index (χ2v) is 6.27. The van der Waals surface area contributed by atoms with Crippen LogP contribution in [-0.2, 0) is 12.8 Å². The summed E-state index contributed by atoms with van der Waals surface area (Å²) >= 11 is 0. The SMILES string of the molecule is c1cnc(OCC2CCCN(c3ncnc4c3CCC4)C2)nc1. The monoisotopic (exact) mass is 311 g/mol. The van der Waals surface area contributed by atoms with Crippen molar-refractivity contribution in [2.75, 3.05) is 24.6 Å². The van der Waals surface area contributed by atoms with E-state index >= 15 is 0 Å². The first-order valence-corrected chi connectivity index (χ1v) is 8.37. The molecule has 23 heavy (non-hydrogen) atoms. The van der Waals surface area contributed by atoms with E-state index in [4.69, 9.17) is 4.74 Å². The molecule has 120 valence electrons. The summed E-state index contributed by atoms with van der Waals surface area (Å²) < 4.78 is 5.74. The number of hydrogen-bond donors (Lipinski definition) is 0. The maximum atomic E-state index is 5.74. The zero-order valence-corrected chi connectivity index (χ0v) is 13.2. The normalized spacial score (nSPS) is 20.3. The Bertz CT molecular complexity index is 663. The van der Waals surface area contributed by atoms with Crippen LogP contribution in [0.2, 0.25) is 0 Å². The van der Waals surface area contributed by atoms with Crippen LogP contribution in [0.15, 0.2) is 24.8 Å². The van der Waals surface area contributed by atoms with Crippen molar-refractivity contribution in [1.82, 2.24) is 19.9 Å². The molecule has 2 aliphatic rings. The Balaban J connectivity index is 1.42. The Labute approximate surface area is 136 Å². The summed E-state index contributed by atoms with van der Waals surface area (Å²) in [5.41, 5.74) is 2.60. The van der Waals surface area contributed by atoms with Crippen molar-refractivity contribution in [2.24, 2.45) is 5.92 Å². The number of hydrogen-bond acceptors (Lipinski definition) is 6. The molecule has 0 bridgehead atoms. The molecule has 0 spiro atoms. The van der Waals surface area contributed by atoms with Crippen LogP contribution in [0.25, 0.3) is 0 Å². The minimum absolute atomic E-state index is 0.465. The standard InChI is InChI=1S/C17H21N5O/c1-5-14-15(6-1)20-12-21-16(14)22-9-2-4-13(10-22)11-23-17-18-7-3-8-19-17/h3,7-8,12-13H,1-2,4-6,9-11H2. The van der Waals surface area contributed by atoms with Crippen LogP contribution in [0.1, 0.15) is 30.5 Å². The largest absolute Gasteiger partial charge is 0.463 e. The van der Waals surface area contributed by atoms with Crippen LogP contribution < -0.4 is 9.64 Å². The molecule has 1 fully saturated rings. The van der Waals surface area contributed by atoms with Crippen LogP contribution in [0.3, 0.4) is 0 Å². The fraction of sp³-hybridized carbons (Fsp3) is 0.529.